The van der Waals surface area contributed by atoms with Gasteiger partial charge >= 0.3 is 0 Å². The molecule has 134 valence electrons. The topological polar surface area (TPSA) is 77.8 Å². The van der Waals surface area contributed by atoms with E-state index in [1.807, 2.05) is 0 Å². The van der Waals surface area contributed by atoms with Crippen LogP contribution in [0, 0.1) is 5.82 Å². The maximum absolute atomic E-state index is 13.1. The number of aliphatic hydroxyl groups excluding tert-OH is 2. The third kappa shape index (κ3) is 3.27. The van der Waals surface area contributed by atoms with Gasteiger partial charge < -0.3 is 15.1 Å². The molecule has 1 aliphatic rings. The van der Waals surface area contributed by atoms with Crippen LogP contribution < -0.4 is 0 Å². The molecule has 0 saturated carbocycles. The van der Waals surface area contributed by atoms with Gasteiger partial charge in [-0.1, -0.05) is 28.1 Å². The van der Waals surface area contributed by atoms with Crippen LogP contribution in [0.4, 0.5) is 4.39 Å². The SMILES string of the molecule is O=C1C(=O)N(CCO)[C@H](c2ccc(Br)cc2)C1=C(O)c1ccc(F)cc1. The number of β-amino-alcohol motifs (C(OH)–C–C–N with tert-alkyl or cyclic N) is 1. The minimum atomic E-state index is -0.840. The van der Waals surface area contributed by atoms with E-state index in [9.17, 15) is 24.2 Å². The second-order valence-corrected chi connectivity index (χ2v) is 6.69. The molecule has 1 aliphatic heterocycles. The van der Waals surface area contributed by atoms with Crippen molar-refractivity contribution in [2.75, 3.05) is 13.2 Å². The Labute approximate surface area is 157 Å². The van der Waals surface area contributed by atoms with Crippen LogP contribution in [0.1, 0.15) is 17.2 Å². The van der Waals surface area contributed by atoms with E-state index in [-0.39, 0.29) is 30.0 Å². The van der Waals surface area contributed by atoms with Crippen LogP contribution in [0.2, 0.25) is 0 Å². The van der Waals surface area contributed by atoms with Crippen LogP contribution in [0.25, 0.3) is 5.76 Å². The zero-order valence-electron chi connectivity index (χ0n) is 13.5. The molecule has 2 N–H and O–H groups in total. The van der Waals surface area contributed by atoms with Crippen molar-refractivity contribution in [2.24, 2.45) is 0 Å². The Hall–Kier alpha value is -2.51. The van der Waals surface area contributed by atoms with E-state index in [1.165, 1.54) is 17.0 Å². The summed E-state index contributed by atoms with van der Waals surface area (Å²) in [7, 11) is 0. The number of Topliss-reactive ketones (excluding diaryl/α,β-unsaturated/α-hetero) is 1. The fraction of sp³-hybridized carbons (Fsp3) is 0.158. The summed E-state index contributed by atoms with van der Waals surface area (Å²) in [4.78, 5) is 26.2. The molecule has 1 atom stereocenters. The molecule has 2 aromatic rings. The summed E-state index contributed by atoms with van der Waals surface area (Å²) in [6.07, 6.45) is 0. The Bertz CT molecular complexity index is 877. The second kappa shape index (κ2) is 7.39. The van der Waals surface area contributed by atoms with Gasteiger partial charge in [-0.2, -0.15) is 0 Å². The summed E-state index contributed by atoms with van der Waals surface area (Å²) in [5.41, 5.74) is 0.761. The molecule has 5 nitrogen and oxygen atoms in total. The summed E-state index contributed by atoms with van der Waals surface area (Å²) in [6.45, 7) is -0.373. The molecule has 0 bridgehead atoms. The van der Waals surface area contributed by atoms with Crippen molar-refractivity contribution in [3.63, 3.8) is 0 Å². The Morgan fingerprint density at radius 2 is 1.69 bits per heavy atom. The minimum Gasteiger partial charge on any atom is -0.507 e. The molecule has 0 spiro atoms. The van der Waals surface area contributed by atoms with Crippen molar-refractivity contribution in [1.29, 1.82) is 0 Å². The van der Waals surface area contributed by atoms with E-state index in [4.69, 9.17) is 0 Å². The van der Waals surface area contributed by atoms with Crippen LogP contribution in [-0.2, 0) is 9.59 Å². The highest BCUT2D eigenvalue weighted by Crippen LogP contribution is 2.39. The lowest BCUT2D eigenvalue weighted by Crippen LogP contribution is -2.32. The van der Waals surface area contributed by atoms with E-state index in [0.29, 0.717) is 5.56 Å². The van der Waals surface area contributed by atoms with Gasteiger partial charge in [0.25, 0.3) is 11.7 Å². The summed E-state index contributed by atoms with van der Waals surface area (Å²) >= 11 is 3.33. The number of aliphatic hydroxyl groups is 2. The number of hydrogen-bond acceptors (Lipinski definition) is 4. The smallest absolute Gasteiger partial charge is 0.295 e. The fourth-order valence-corrected chi connectivity index (χ4v) is 3.24. The maximum atomic E-state index is 13.1. The molecule has 0 unspecified atom stereocenters. The lowest BCUT2D eigenvalue weighted by atomic mass is 9.95. The van der Waals surface area contributed by atoms with Crippen LogP contribution in [0.15, 0.2) is 58.6 Å². The van der Waals surface area contributed by atoms with Gasteiger partial charge in [-0.05, 0) is 42.0 Å². The zero-order chi connectivity index (χ0) is 18.8. The largest absolute Gasteiger partial charge is 0.507 e. The monoisotopic (exact) mass is 419 g/mol. The predicted molar refractivity (Wildman–Crippen MR) is 96.6 cm³/mol. The third-order valence-electron chi connectivity index (χ3n) is 4.18. The van der Waals surface area contributed by atoms with E-state index < -0.39 is 23.5 Å². The first-order chi connectivity index (χ1) is 12.4. The molecule has 0 radical (unpaired) electrons. The number of hydrogen-bond donors (Lipinski definition) is 2. The van der Waals surface area contributed by atoms with Crippen molar-refractivity contribution in [1.82, 2.24) is 4.90 Å². The fourth-order valence-electron chi connectivity index (χ4n) is 2.97. The number of likely N-dealkylation sites (tertiary alicyclic amines) is 1. The first kappa shape index (κ1) is 18.3. The van der Waals surface area contributed by atoms with Gasteiger partial charge in [-0.3, -0.25) is 9.59 Å². The molecule has 1 heterocycles. The van der Waals surface area contributed by atoms with Gasteiger partial charge in [0.05, 0.1) is 18.2 Å². The first-order valence-corrected chi connectivity index (χ1v) is 8.64. The molecule has 0 aromatic heterocycles. The lowest BCUT2D eigenvalue weighted by molar-refractivity contribution is -0.140. The number of rotatable bonds is 4. The average Bonchev–Trinajstić information content (AvgIpc) is 2.88. The molecule has 2 aromatic carbocycles. The maximum Gasteiger partial charge on any atom is 0.295 e. The van der Waals surface area contributed by atoms with Gasteiger partial charge in [0, 0.05) is 16.6 Å². The highest BCUT2D eigenvalue weighted by atomic mass is 79.9. The number of benzene rings is 2. The highest BCUT2D eigenvalue weighted by Gasteiger charge is 2.45. The summed E-state index contributed by atoms with van der Waals surface area (Å²) in [6, 6.07) is 11.1. The summed E-state index contributed by atoms with van der Waals surface area (Å²) in [5.74, 6) is -2.49. The third-order valence-corrected chi connectivity index (χ3v) is 4.71. The zero-order valence-corrected chi connectivity index (χ0v) is 15.1. The van der Waals surface area contributed by atoms with Gasteiger partial charge in [0.2, 0.25) is 0 Å². The molecule has 26 heavy (non-hydrogen) atoms. The predicted octanol–water partition coefficient (Wildman–Crippen LogP) is 3.00. The van der Waals surface area contributed by atoms with E-state index in [1.54, 1.807) is 24.3 Å². The first-order valence-electron chi connectivity index (χ1n) is 7.84. The molecule has 1 fully saturated rings. The van der Waals surface area contributed by atoms with E-state index in [2.05, 4.69) is 15.9 Å². The lowest BCUT2D eigenvalue weighted by Gasteiger charge is -2.24. The minimum absolute atomic E-state index is 0.0501. The molecule has 3 rings (SSSR count). The van der Waals surface area contributed by atoms with Gasteiger partial charge in [0.1, 0.15) is 11.6 Å². The van der Waals surface area contributed by atoms with Gasteiger partial charge in [-0.15, -0.1) is 0 Å². The molecule has 1 saturated heterocycles. The van der Waals surface area contributed by atoms with E-state index in [0.717, 1.165) is 16.6 Å². The molecular weight excluding hydrogens is 405 g/mol. The quantitative estimate of drug-likeness (QED) is 0.453. The number of carbonyl (C=O) groups is 2. The standard InChI is InChI=1S/C19H15BrFNO4/c20-13-5-1-11(2-6-13)16-15(18(25)19(26)22(16)9-10-23)17(24)12-3-7-14(21)8-4-12/h1-8,16,23-24H,9-10H2/t16-/m1/s1. The van der Waals surface area contributed by atoms with Crippen LogP contribution >= 0.6 is 15.9 Å². The van der Waals surface area contributed by atoms with Gasteiger partial charge in [-0.25, -0.2) is 4.39 Å². The van der Waals surface area contributed by atoms with Crippen molar-refractivity contribution >= 4 is 33.4 Å². The van der Waals surface area contributed by atoms with Crippen LogP contribution in [0.3, 0.4) is 0 Å². The summed E-state index contributed by atoms with van der Waals surface area (Å²) in [5, 5.41) is 19.9. The normalized spacial score (nSPS) is 19.2. The molecule has 7 heteroatoms. The number of nitrogens with zero attached hydrogens (tertiary/aromatic N) is 1. The summed E-state index contributed by atoms with van der Waals surface area (Å²) < 4.78 is 14.0. The Balaban J connectivity index is 2.17. The Kier molecular flexibility index (Phi) is 5.20. The number of carbonyl (C=O) groups excluding carboxylic acids is 2. The Morgan fingerprint density at radius 1 is 1.08 bits per heavy atom. The second-order valence-electron chi connectivity index (χ2n) is 5.77. The molecule has 1 amide bonds. The molecule has 0 aliphatic carbocycles. The van der Waals surface area contributed by atoms with Crippen LogP contribution in [-0.4, -0.2) is 40.0 Å². The van der Waals surface area contributed by atoms with Crippen molar-refractivity contribution in [2.45, 2.75) is 6.04 Å². The number of ketones is 1. The Morgan fingerprint density at radius 3 is 2.27 bits per heavy atom. The average molecular weight is 420 g/mol. The molecular formula is C19H15BrFNO4. The number of amides is 1. The number of halogens is 2. The van der Waals surface area contributed by atoms with Crippen molar-refractivity contribution < 1.29 is 24.2 Å². The van der Waals surface area contributed by atoms with Crippen molar-refractivity contribution in [3.8, 4) is 0 Å². The highest BCUT2D eigenvalue weighted by molar-refractivity contribution is 9.10. The van der Waals surface area contributed by atoms with Crippen molar-refractivity contribution in [3.05, 3.63) is 75.5 Å². The van der Waals surface area contributed by atoms with Gasteiger partial charge in [0.15, 0.2) is 0 Å². The van der Waals surface area contributed by atoms with E-state index >= 15 is 0 Å². The van der Waals surface area contributed by atoms with Crippen LogP contribution in [0.5, 0.6) is 0 Å².